The first-order valence-corrected chi connectivity index (χ1v) is 7.55. The molecule has 8 heteroatoms. The monoisotopic (exact) mass is 361 g/mol. The number of amides is 1. The largest absolute Gasteiger partial charge is 0.495 e. The Labute approximate surface area is 150 Å². The fourth-order valence-electron chi connectivity index (χ4n) is 2.22. The summed E-state index contributed by atoms with van der Waals surface area (Å²) in [5.41, 5.74) is 0.480. The molecule has 2 aromatic rings. The highest BCUT2D eigenvalue weighted by Crippen LogP contribution is 2.38. The topological polar surface area (TPSA) is 103 Å². The Bertz CT molecular complexity index is 779. The average Bonchev–Trinajstić information content (AvgIpc) is 2.65. The number of para-hydroxylation sites is 2. The SMILES string of the molecule is COc1ccccc1NC(=O)COc1c(OC)cc(C(=O)O)cc1OC. The summed E-state index contributed by atoms with van der Waals surface area (Å²) in [5.74, 6) is -0.626. The predicted molar refractivity (Wildman–Crippen MR) is 93.6 cm³/mol. The first kappa shape index (κ1) is 18.9. The Morgan fingerprint density at radius 2 is 1.54 bits per heavy atom. The van der Waals surface area contributed by atoms with Crippen LogP contribution in [0.15, 0.2) is 36.4 Å². The predicted octanol–water partition coefficient (Wildman–Crippen LogP) is 2.43. The van der Waals surface area contributed by atoms with Crippen molar-refractivity contribution in [2.75, 3.05) is 33.3 Å². The number of nitrogens with one attached hydrogen (secondary N) is 1. The van der Waals surface area contributed by atoms with Crippen molar-refractivity contribution in [3.63, 3.8) is 0 Å². The van der Waals surface area contributed by atoms with Gasteiger partial charge in [0.25, 0.3) is 5.91 Å². The van der Waals surface area contributed by atoms with Crippen LogP contribution in [-0.2, 0) is 4.79 Å². The minimum absolute atomic E-state index is 0.0236. The van der Waals surface area contributed by atoms with E-state index in [-0.39, 0.29) is 29.4 Å². The summed E-state index contributed by atoms with van der Waals surface area (Å²) >= 11 is 0. The van der Waals surface area contributed by atoms with Gasteiger partial charge in [0.05, 0.1) is 32.6 Å². The van der Waals surface area contributed by atoms with Gasteiger partial charge < -0.3 is 29.4 Å². The maximum absolute atomic E-state index is 12.2. The second-order valence-electron chi connectivity index (χ2n) is 5.05. The van der Waals surface area contributed by atoms with Crippen LogP contribution in [-0.4, -0.2) is 44.9 Å². The molecule has 0 radical (unpaired) electrons. The van der Waals surface area contributed by atoms with E-state index in [2.05, 4.69) is 5.32 Å². The van der Waals surface area contributed by atoms with Gasteiger partial charge in [0.2, 0.25) is 5.75 Å². The summed E-state index contributed by atoms with van der Waals surface area (Å²) in [6.07, 6.45) is 0. The zero-order valence-corrected chi connectivity index (χ0v) is 14.6. The molecule has 0 bridgehead atoms. The number of ether oxygens (including phenoxy) is 4. The molecule has 0 unspecified atom stereocenters. The van der Waals surface area contributed by atoms with Gasteiger partial charge in [-0.05, 0) is 24.3 Å². The standard InChI is InChI=1S/C18H19NO7/c1-23-13-7-5-4-6-12(13)19-16(20)10-26-17-14(24-2)8-11(18(21)22)9-15(17)25-3/h4-9H,10H2,1-3H3,(H,19,20)(H,21,22). The van der Waals surface area contributed by atoms with Gasteiger partial charge in [-0.15, -0.1) is 0 Å². The molecule has 0 atom stereocenters. The number of anilines is 1. The zero-order valence-electron chi connectivity index (χ0n) is 14.6. The smallest absolute Gasteiger partial charge is 0.335 e. The number of carbonyl (C=O) groups is 2. The van der Waals surface area contributed by atoms with E-state index in [0.29, 0.717) is 11.4 Å². The summed E-state index contributed by atoms with van der Waals surface area (Å²) in [7, 11) is 4.23. The van der Waals surface area contributed by atoms with E-state index in [1.165, 1.54) is 33.5 Å². The second-order valence-corrected chi connectivity index (χ2v) is 5.05. The lowest BCUT2D eigenvalue weighted by Gasteiger charge is -2.15. The van der Waals surface area contributed by atoms with E-state index in [4.69, 9.17) is 24.1 Å². The van der Waals surface area contributed by atoms with Crippen LogP contribution in [0, 0.1) is 0 Å². The van der Waals surface area contributed by atoms with Crippen molar-refractivity contribution in [2.45, 2.75) is 0 Å². The highest BCUT2D eigenvalue weighted by atomic mass is 16.5. The van der Waals surface area contributed by atoms with Crippen LogP contribution < -0.4 is 24.3 Å². The number of rotatable bonds is 8. The molecule has 26 heavy (non-hydrogen) atoms. The maximum atomic E-state index is 12.2. The van der Waals surface area contributed by atoms with Crippen LogP contribution in [0.25, 0.3) is 0 Å². The molecule has 2 N–H and O–H groups in total. The normalized spacial score (nSPS) is 9.96. The van der Waals surface area contributed by atoms with Gasteiger partial charge in [0.15, 0.2) is 18.1 Å². The first-order chi connectivity index (χ1) is 12.5. The number of aromatic carboxylic acids is 1. The third kappa shape index (κ3) is 4.35. The molecule has 0 fully saturated rings. The summed E-state index contributed by atoms with van der Waals surface area (Å²) < 4.78 is 21.0. The Balaban J connectivity index is 2.15. The molecule has 0 heterocycles. The molecule has 2 aromatic carbocycles. The summed E-state index contributed by atoms with van der Waals surface area (Å²) in [4.78, 5) is 23.3. The van der Waals surface area contributed by atoms with Crippen LogP contribution >= 0.6 is 0 Å². The molecule has 8 nitrogen and oxygen atoms in total. The van der Waals surface area contributed by atoms with Gasteiger partial charge in [0, 0.05) is 0 Å². The lowest BCUT2D eigenvalue weighted by Crippen LogP contribution is -2.21. The van der Waals surface area contributed by atoms with Crippen LogP contribution in [0.2, 0.25) is 0 Å². The molecule has 0 spiro atoms. The molecule has 0 aliphatic carbocycles. The van der Waals surface area contributed by atoms with Crippen molar-refractivity contribution in [1.29, 1.82) is 0 Å². The van der Waals surface area contributed by atoms with E-state index in [1.54, 1.807) is 24.3 Å². The lowest BCUT2D eigenvalue weighted by atomic mass is 10.2. The lowest BCUT2D eigenvalue weighted by molar-refractivity contribution is -0.118. The van der Waals surface area contributed by atoms with Crippen molar-refractivity contribution < 1.29 is 33.6 Å². The Hall–Kier alpha value is -3.42. The minimum Gasteiger partial charge on any atom is -0.495 e. The molecule has 0 aliphatic heterocycles. The van der Waals surface area contributed by atoms with Crippen LogP contribution in [0.3, 0.4) is 0 Å². The Kier molecular flexibility index (Phi) is 6.26. The van der Waals surface area contributed by atoms with Crippen molar-refractivity contribution in [3.8, 4) is 23.0 Å². The zero-order chi connectivity index (χ0) is 19.1. The van der Waals surface area contributed by atoms with Crippen LogP contribution in [0.1, 0.15) is 10.4 Å². The second kappa shape index (κ2) is 8.61. The molecule has 2 rings (SSSR count). The highest BCUT2D eigenvalue weighted by Gasteiger charge is 2.18. The Morgan fingerprint density at radius 1 is 0.962 bits per heavy atom. The summed E-state index contributed by atoms with van der Waals surface area (Å²) in [6.45, 7) is -0.336. The molecule has 0 saturated heterocycles. The van der Waals surface area contributed by atoms with E-state index in [0.717, 1.165) is 0 Å². The minimum atomic E-state index is -1.14. The number of carbonyl (C=O) groups excluding carboxylic acids is 1. The van der Waals surface area contributed by atoms with Crippen molar-refractivity contribution in [1.82, 2.24) is 0 Å². The molecule has 0 saturated carbocycles. The number of carboxylic acids is 1. The quantitative estimate of drug-likeness (QED) is 0.744. The molecule has 0 aromatic heterocycles. The number of hydrogen-bond acceptors (Lipinski definition) is 6. The number of methoxy groups -OCH3 is 3. The molecular weight excluding hydrogens is 342 g/mol. The van der Waals surface area contributed by atoms with Crippen LogP contribution in [0.4, 0.5) is 5.69 Å². The number of hydrogen-bond donors (Lipinski definition) is 2. The van der Waals surface area contributed by atoms with E-state index >= 15 is 0 Å². The van der Waals surface area contributed by atoms with E-state index in [1.807, 2.05) is 0 Å². The van der Waals surface area contributed by atoms with E-state index < -0.39 is 11.9 Å². The number of carboxylic acid groups (broad SMARTS) is 1. The summed E-state index contributed by atoms with van der Waals surface area (Å²) in [6, 6.07) is 9.53. The van der Waals surface area contributed by atoms with Gasteiger partial charge in [0.1, 0.15) is 5.75 Å². The number of benzene rings is 2. The first-order valence-electron chi connectivity index (χ1n) is 7.55. The van der Waals surface area contributed by atoms with Gasteiger partial charge in [-0.1, -0.05) is 12.1 Å². The third-order valence-corrected chi connectivity index (χ3v) is 3.44. The average molecular weight is 361 g/mol. The fraction of sp³-hybridized carbons (Fsp3) is 0.222. The molecule has 1 amide bonds. The Morgan fingerprint density at radius 3 is 2.08 bits per heavy atom. The van der Waals surface area contributed by atoms with Crippen molar-refractivity contribution in [2.24, 2.45) is 0 Å². The van der Waals surface area contributed by atoms with E-state index in [9.17, 15) is 9.59 Å². The van der Waals surface area contributed by atoms with Gasteiger partial charge in [-0.3, -0.25) is 4.79 Å². The maximum Gasteiger partial charge on any atom is 0.335 e. The summed E-state index contributed by atoms with van der Waals surface area (Å²) in [5, 5.41) is 11.8. The van der Waals surface area contributed by atoms with Crippen molar-refractivity contribution in [3.05, 3.63) is 42.0 Å². The highest BCUT2D eigenvalue weighted by molar-refractivity contribution is 5.93. The van der Waals surface area contributed by atoms with Gasteiger partial charge >= 0.3 is 5.97 Å². The fourth-order valence-corrected chi connectivity index (χ4v) is 2.22. The molecule has 138 valence electrons. The third-order valence-electron chi connectivity index (χ3n) is 3.44. The van der Waals surface area contributed by atoms with Gasteiger partial charge in [-0.2, -0.15) is 0 Å². The van der Waals surface area contributed by atoms with Crippen molar-refractivity contribution >= 4 is 17.6 Å². The van der Waals surface area contributed by atoms with Gasteiger partial charge in [-0.25, -0.2) is 4.79 Å². The van der Waals surface area contributed by atoms with Crippen LogP contribution in [0.5, 0.6) is 23.0 Å². The molecule has 0 aliphatic rings. The molecular formula is C18H19NO7.